The van der Waals surface area contributed by atoms with E-state index in [0.717, 1.165) is 58.8 Å². The maximum absolute atomic E-state index is 5.94. The van der Waals surface area contributed by atoms with Crippen LogP contribution in [0, 0.1) is 13.8 Å². The zero-order chi connectivity index (χ0) is 16.5. The summed E-state index contributed by atoms with van der Waals surface area (Å²) in [4.78, 5) is 6.83. The molecule has 0 unspecified atom stereocenters. The lowest BCUT2D eigenvalue weighted by Crippen LogP contribution is -2.37. The SMILES string of the molecule is Cc1cccc(C)c1CCNC(N)=NCCCN1CCOCC1. The number of hydrogen-bond acceptors (Lipinski definition) is 3. The molecule has 1 aromatic rings. The van der Waals surface area contributed by atoms with Crippen molar-refractivity contribution in [2.75, 3.05) is 45.9 Å². The minimum atomic E-state index is 0.554. The maximum Gasteiger partial charge on any atom is 0.188 e. The van der Waals surface area contributed by atoms with Gasteiger partial charge >= 0.3 is 0 Å². The molecule has 1 aromatic carbocycles. The van der Waals surface area contributed by atoms with E-state index in [2.05, 4.69) is 47.3 Å². The number of hydrogen-bond donors (Lipinski definition) is 2. The molecule has 2 rings (SSSR count). The molecule has 0 bridgehead atoms. The van der Waals surface area contributed by atoms with Gasteiger partial charge in [-0.3, -0.25) is 9.89 Å². The molecule has 23 heavy (non-hydrogen) atoms. The molecule has 0 atom stereocenters. The summed E-state index contributed by atoms with van der Waals surface area (Å²) in [5.41, 5.74) is 10.0. The van der Waals surface area contributed by atoms with Crippen LogP contribution in [0.5, 0.6) is 0 Å². The molecule has 0 spiro atoms. The Bertz CT molecular complexity index is 489. The van der Waals surface area contributed by atoms with Crippen molar-refractivity contribution in [1.29, 1.82) is 0 Å². The number of nitrogens with zero attached hydrogens (tertiary/aromatic N) is 2. The number of benzene rings is 1. The van der Waals surface area contributed by atoms with Crippen LogP contribution in [0.1, 0.15) is 23.1 Å². The van der Waals surface area contributed by atoms with Gasteiger partial charge < -0.3 is 15.8 Å². The van der Waals surface area contributed by atoms with Crippen molar-refractivity contribution >= 4 is 5.96 Å². The van der Waals surface area contributed by atoms with E-state index < -0.39 is 0 Å². The fourth-order valence-corrected chi connectivity index (χ4v) is 2.93. The van der Waals surface area contributed by atoms with Crippen LogP contribution < -0.4 is 11.1 Å². The van der Waals surface area contributed by atoms with Gasteiger partial charge in [-0.2, -0.15) is 0 Å². The summed E-state index contributed by atoms with van der Waals surface area (Å²) in [5, 5.41) is 3.22. The summed E-state index contributed by atoms with van der Waals surface area (Å²) in [6.45, 7) is 10.8. The first-order valence-corrected chi connectivity index (χ1v) is 8.56. The Morgan fingerprint density at radius 1 is 1.26 bits per heavy atom. The van der Waals surface area contributed by atoms with Crippen LogP contribution in [0.4, 0.5) is 0 Å². The summed E-state index contributed by atoms with van der Waals surface area (Å²) in [6.07, 6.45) is 2.02. The summed E-state index contributed by atoms with van der Waals surface area (Å²) < 4.78 is 5.34. The Balaban J connectivity index is 1.63. The fraction of sp³-hybridized carbons (Fsp3) is 0.611. The van der Waals surface area contributed by atoms with Crippen molar-refractivity contribution in [1.82, 2.24) is 10.2 Å². The monoisotopic (exact) mass is 318 g/mol. The lowest BCUT2D eigenvalue weighted by molar-refractivity contribution is 0.0377. The van der Waals surface area contributed by atoms with Crippen LogP contribution in [-0.4, -0.2) is 56.8 Å². The topological polar surface area (TPSA) is 62.9 Å². The van der Waals surface area contributed by atoms with Gasteiger partial charge in [0.2, 0.25) is 0 Å². The normalized spacial score (nSPS) is 16.5. The van der Waals surface area contributed by atoms with E-state index in [1.807, 2.05) is 0 Å². The number of morpholine rings is 1. The predicted octanol–water partition coefficient (Wildman–Crippen LogP) is 1.47. The lowest BCUT2D eigenvalue weighted by Gasteiger charge is -2.26. The molecule has 0 amide bonds. The molecule has 1 saturated heterocycles. The average Bonchev–Trinajstić information content (AvgIpc) is 2.55. The van der Waals surface area contributed by atoms with Crippen molar-refractivity contribution in [3.8, 4) is 0 Å². The Kier molecular flexibility index (Phi) is 7.36. The molecule has 0 radical (unpaired) electrons. The van der Waals surface area contributed by atoms with Crippen LogP contribution in [0.2, 0.25) is 0 Å². The van der Waals surface area contributed by atoms with Crippen LogP contribution in [0.15, 0.2) is 23.2 Å². The molecular weight excluding hydrogens is 288 g/mol. The summed E-state index contributed by atoms with van der Waals surface area (Å²) in [6, 6.07) is 6.42. The number of nitrogens with two attached hydrogens (primary N) is 1. The molecule has 5 nitrogen and oxygen atoms in total. The van der Waals surface area contributed by atoms with E-state index in [-0.39, 0.29) is 0 Å². The van der Waals surface area contributed by atoms with Gasteiger partial charge in [0.25, 0.3) is 0 Å². The highest BCUT2D eigenvalue weighted by Gasteiger charge is 2.08. The Labute approximate surface area is 139 Å². The van der Waals surface area contributed by atoms with E-state index in [1.165, 1.54) is 16.7 Å². The van der Waals surface area contributed by atoms with Crippen molar-refractivity contribution < 1.29 is 4.74 Å². The smallest absolute Gasteiger partial charge is 0.188 e. The average molecular weight is 318 g/mol. The number of guanidine groups is 1. The molecule has 1 heterocycles. The van der Waals surface area contributed by atoms with Gasteiger partial charge in [0, 0.05) is 32.7 Å². The first-order chi connectivity index (χ1) is 11.2. The molecule has 1 aliphatic rings. The summed E-state index contributed by atoms with van der Waals surface area (Å²) >= 11 is 0. The number of aryl methyl sites for hydroxylation is 2. The molecule has 1 aliphatic heterocycles. The van der Waals surface area contributed by atoms with Crippen LogP contribution in [0.25, 0.3) is 0 Å². The first kappa shape index (κ1) is 17.8. The lowest BCUT2D eigenvalue weighted by atomic mass is 10.0. The zero-order valence-corrected chi connectivity index (χ0v) is 14.5. The van der Waals surface area contributed by atoms with Gasteiger partial charge in [-0.25, -0.2) is 0 Å². The third kappa shape index (κ3) is 6.20. The Hall–Kier alpha value is -1.59. The van der Waals surface area contributed by atoms with Crippen molar-refractivity contribution in [3.05, 3.63) is 34.9 Å². The highest BCUT2D eigenvalue weighted by molar-refractivity contribution is 5.77. The highest BCUT2D eigenvalue weighted by Crippen LogP contribution is 2.13. The standard InChI is InChI=1S/C18H30N4O/c1-15-5-3-6-16(2)17(15)7-9-21-18(19)20-8-4-10-22-11-13-23-14-12-22/h3,5-6H,4,7-14H2,1-2H3,(H3,19,20,21). The molecule has 1 fully saturated rings. The molecule has 128 valence electrons. The van der Waals surface area contributed by atoms with Crippen LogP contribution in [0.3, 0.4) is 0 Å². The Morgan fingerprint density at radius 3 is 2.65 bits per heavy atom. The van der Waals surface area contributed by atoms with Gasteiger partial charge in [0.1, 0.15) is 0 Å². The molecule has 0 aliphatic carbocycles. The second-order valence-electron chi connectivity index (χ2n) is 6.12. The van der Waals surface area contributed by atoms with Crippen LogP contribution >= 0.6 is 0 Å². The van der Waals surface area contributed by atoms with E-state index in [9.17, 15) is 0 Å². The third-order valence-electron chi connectivity index (χ3n) is 4.34. The van der Waals surface area contributed by atoms with E-state index in [4.69, 9.17) is 10.5 Å². The summed E-state index contributed by atoms with van der Waals surface area (Å²) in [7, 11) is 0. The van der Waals surface area contributed by atoms with Gasteiger partial charge in [0.15, 0.2) is 5.96 Å². The number of rotatable bonds is 7. The van der Waals surface area contributed by atoms with Crippen molar-refractivity contribution in [2.24, 2.45) is 10.7 Å². The molecular formula is C18H30N4O. The highest BCUT2D eigenvalue weighted by atomic mass is 16.5. The molecule has 0 saturated carbocycles. The van der Waals surface area contributed by atoms with E-state index in [1.54, 1.807) is 0 Å². The van der Waals surface area contributed by atoms with Gasteiger partial charge in [-0.05, 0) is 43.4 Å². The van der Waals surface area contributed by atoms with Crippen molar-refractivity contribution in [2.45, 2.75) is 26.7 Å². The second-order valence-corrected chi connectivity index (χ2v) is 6.12. The van der Waals surface area contributed by atoms with Crippen LogP contribution in [-0.2, 0) is 11.2 Å². The van der Waals surface area contributed by atoms with Gasteiger partial charge in [0.05, 0.1) is 13.2 Å². The van der Waals surface area contributed by atoms with Gasteiger partial charge in [-0.1, -0.05) is 18.2 Å². The zero-order valence-electron chi connectivity index (χ0n) is 14.5. The second kappa shape index (κ2) is 9.53. The van der Waals surface area contributed by atoms with E-state index >= 15 is 0 Å². The number of ether oxygens (including phenoxy) is 1. The van der Waals surface area contributed by atoms with Gasteiger partial charge in [-0.15, -0.1) is 0 Å². The number of nitrogens with one attached hydrogen (secondary N) is 1. The largest absolute Gasteiger partial charge is 0.379 e. The fourth-order valence-electron chi connectivity index (χ4n) is 2.93. The quantitative estimate of drug-likeness (QED) is 0.454. The minimum absolute atomic E-state index is 0.554. The van der Waals surface area contributed by atoms with E-state index in [0.29, 0.717) is 5.96 Å². The number of aliphatic imine (C=N–C) groups is 1. The first-order valence-electron chi connectivity index (χ1n) is 8.56. The summed E-state index contributed by atoms with van der Waals surface area (Å²) in [5.74, 6) is 0.554. The third-order valence-corrected chi connectivity index (χ3v) is 4.34. The molecule has 0 aromatic heterocycles. The van der Waals surface area contributed by atoms with Crippen molar-refractivity contribution in [3.63, 3.8) is 0 Å². The minimum Gasteiger partial charge on any atom is -0.379 e. The Morgan fingerprint density at radius 2 is 1.96 bits per heavy atom. The molecule has 5 heteroatoms. The predicted molar refractivity (Wildman–Crippen MR) is 96.0 cm³/mol. The molecule has 3 N–H and O–H groups in total. The maximum atomic E-state index is 5.94.